The van der Waals surface area contributed by atoms with Crippen LogP contribution in [0.3, 0.4) is 0 Å². The van der Waals surface area contributed by atoms with Gasteiger partial charge in [0.1, 0.15) is 5.69 Å². The van der Waals surface area contributed by atoms with Crippen LogP contribution in [0.5, 0.6) is 0 Å². The van der Waals surface area contributed by atoms with Crippen LogP contribution in [-0.4, -0.2) is 28.6 Å². The first-order valence-corrected chi connectivity index (χ1v) is 7.81. The van der Waals surface area contributed by atoms with E-state index in [1.165, 1.54) is 15.6 Å². The summed E-state index contributed by atoms with van der Waals surface area (Å²) in [5, 5.41) is 4.28. The van der Waals surface area contributed by atoms with Crippen molar-refractivity contribution in [2.45, 2.75) is 0 Å². The molecular weight excluding hydrogens is 328 g/mol. The van der Waals surface area contributed by atoms with E-state index in [9.17, 15) is 9.59 Å². The molecule has 0 saturated carbocycles. The van der Waals surface area contributed by atoms with Gasteiger partial charge in [0, 0.05) is 24.4 Å². The summed E-state index contributed by atoms with van der Waals surface area (Å²) in [6, 6.07) is 17.4. The molecule has 0 saturated heterocycles. The van der Waals surface area contributed by atoms with Gasteiger partial charge in [-0.2, -0.15) is 5.10 Å². The van der Waals surface area contributed by atoms with Gasteiger partial charge < -0.3 is 10.6 Å². The Morgan fingerprint density at radius 1 is 1.12 bits per heavy atom. The lowest BCUT2D eigenvalue weighted by molar-refractivity contribution is 0.0983. The zero-order valence-electron chi connectivity index (χ0n) is 14.1. The highest BCUT2D eigenvalue weighted by Gasteiger charge is 2.22. The van der Waals surface area contributed by atoms with E-state index in [-0.39, 0.29) is 17.3 Å². The number of benzene rings is 2. The number of hydrogen-bond donors (Lipinski definition) is 1. The molecule has 0 aliphatic carbocycles. The van der Waals surface area contributed by atoms with E-state index in [1.807, 2.05) is 6.07 Å². The molecule has 0 atom stereocenters. The van der Waals surface area contributed by atoms with Crippen molar-refractivity contribution in [1.29, 1.82) is 0 Å². The highest BCUT2D eigenvalue weighted by atomic mass is 16.2. The van der Waals surface area contributed by atoms with Gasteiger partial charge >= 0.3 is 0 Å². The van der Waals surface area contributed by atoms with Crippen molar-refractivity contribution in [2.75, 3.05) is 11.9 Å². The molecule has 2 aromatic carbocycles. The molecule has 3 aromatic rings. The molecule has 2 amide bonds. The van der Waals surface area contributed by atoms with Gasteiger partial charge in [0.15, 0.2) is 5.69 Å². The van der Waals surface area contributed by atoms with Crippen molar-refractivity contribution in [3.05, 3.63) is 77.6 Å². The Morgan fingerprint density at radius 2 is 1.85 bits per heavy atom. The van der Waals surface area contributed by atoms with E-state index in [0.717, 1.165) is 0 Å². The minimum Gasteiger partial charge on any atom is -0.364 e. The van der Waals surface area contributed by atoms with Crippen LogP contribution in [0.25, 0.3) is 5.69 Å². The lowest BCUT2D eigenvalue weighted by atomic mass is 10.2. The molecule has 0 aliphatic rings. The fraction of sp³-hybridized carbons (Fsp3) is 0.0500. The first-order valence-electron chi connectivity index (χ1n) is 7.81. The number of primary amides is 1. The number of carbonyl (C=O) groups is 2. The third kappa shape index (κ3) is 3.19. The first-order chi connectivity index (χ1) is 12.5. The van der Waals surface area contributed by atoms with E-state index >= 15 is 0 Å². The Labute approximate surface area is 150 Å². The zero-order chi connectivity index (χ0) is 18.7. The SMILES string of the molecule is C#Cc1cccc(N(C)C(=O)c2cc(C(N)=O)n(-c3ccccc3)n2)c1. The molecular formula is C20H16N4O2. The van der Waals surface area contributed by atoms with E-state index in [0.29, 0.717) is 16.9 Å². The van der Waals surface area contributed by atoms with Gasteiger partial charge in [-0.25, -0.2) is 4.68 Å². The lowest BCUT2D eigenvalue weighted by Gasteiger charge is -2.16. The molecule has 2 N–H and O–H groups in total. The second-order valence-electron chi connectivity index (χ2n) is 5.59. The second kappa shape index (κ2) is 6.95. The highest BCUT2D eigenvalue weighted by molar-refractivity contribution is 6.06. The van der Waals surface area contributed by atoms with E-state index in [1.54, 1.807) is 55.6 Å². The van der Waals surface area contributed by atoms with Gasteiger partial charge in [0.2, 0.25) is 0 Å². The maximum absolute atomic E-state index is 12.8. The maximum atomic E-state index is 12.8. The van der Waals surface area contributed by atoms with Gasteiger partial charge in [-0.3, -0.25) is 9.59 Å². The molecule has 0 radical (unpaired) electrons. The van der Waals surface area contributed by atoms with Crippen LogP contribution >= 0.6 is 0 Å². The fourth-order valence-electron chi connectivity index (χ4n) is 2.52. The number of nitrogens with zero attached hydrogens (tertiary/aromatic N) is 3. The predicted molar refractivity (Wildman–Crippen MR) is 99.2 cm³/mol. The average molecular weight is 344 g/mol. The number of rotatable bonds is 4. The van der Waals surface area contributed by atoms with Crippen LogP contribution in [0.4, 0.5) is 5.69 Å². The van der Waals surface area contributed by atoms with Crippen molar-refractivity contribution in [2.24, 2.45) is 5.73 Å². The van der Waals surface area contributed by atoms with Crippen LogP contribution in [0.15, 0.2) is 60.7 Å². The number of terminal acetylenes is 1. The second-order valence-corrected chi connectivity index (χ2v) is 5.59. The third-order valence-electron chi connectivity index (χ3n) is 3.89. The molecule has 1 aromatic heterocycles. The Balaban J connectivity index is 2.00. The largest absolute Gasteiger partial charge is 0.364 e. The van der Waals surface area contributed by atoms with Crippen LogP contribution in [0.1, 0.15) is 26.5 Å². The van der Waals surface area contributed by atoms with Crippen LogP contribution in [0, 0.1) is 12.3 Å². The molecule has 26 heavy (non-hydrogen) atoms. The van der Waals surface area contributed by atoms with E-state index in [2.05, 4.69) is 11.0 Å². The van der Waals surface area contributed by atoms with Gasteiger partial charge in [0.25, 0.3) is 11.8 Å². The molecule has 6 heteroatoms. The number of amides is 2. The number of aromatic nitrogens is 2. The van der Waals surface area contributed by atoms with Gasteiger partial charge in [-0.15, -0.1) is 6.42 Å². The van der Waals surface area contributed by atoms with Gasteiger partial charge in [-0.1, -0.05) is 30.2 Å². The van der Waals surface area contributed by atoms with Gasteiger partial charge in [0.05, 0.1) is 5.69 Å². The molecule has 0 unspecified atom stereocenters. The topological polar surface area (TPSA) is 81.2 Å². The summed E-state index contributed by atoms with van der Waals surface area (Å²) >= 11 is 0. The summed E-state index contributed by atoms with van der Waals surface area (Å²) in [6.45, 7) is 0. The Hall–Kier alpha value is -3.85. The average Bonchev–Trinajstić information content (AvgIpc) is 3.13. The number of nitrogens with two attached hydrogens (primary N) is 1. The smallest absolute Gasteiger partial charge is 0.278 e. The summed E-state index contributed by atoms with van der Waals surface area (Å²) < 4.78 is 1.36. The Kier molecular flexibility index (Phi) is 4.54. The van der Waals surface area contributed by atoms with Crippen molar-refractivity contribution in [1.82, 2.24) is 9.78 Å². The fourth-order valence-corrected chi connectivity index (χ4v) is 2.52. The standard InChI is InChI=1S/C20H16N4O2/c1-3-14-8-7-11-16(12-14)23(2)20(26)17-13-18(19(21)25)24(22-17)15-9-5-4-6-10-15/h1,4-13H,2H3,(H2,21,25). The maximum Gasteiger partial charge on any atom is 0.278 e. The summed E-state index contributed by atoms with van der Waals surface area (Å²) in [7, 11) is 1.61. The van der Waals surface area contributed by atoms with E-state index in [4.69, 9.17) is 12.2 Å². The van der Waals surface area contributed by atoms with Crippen molar-refractivity contribution in [3.63, 3.8) is 0 Å². The van der Waals surface area contributed by atoms with Crippen molar-refractivity contribution in [3.8, 4) is 18.0 Å². The highest BCUT2D eigenvalue weighted by Crippen LogP contribution is 2.18. The summed E-state index contributed by atoms with van der Waals surface area (Å²) in [6.07, 6.45) is 5.41. The summed E-state index contributed by atoms with van der Waals surface area (Å²) in [5.74, 6) is 1.48. The van der Waals surface area contributed by atoms with Crippen molar-refractivity contribution < 1.29 is 9.59 Å². The monoisotopic (exact) mass is 344 g/mol. The normalized spacial score (nSPS) is 10.2. The number of carbonyl (C=O) groups excluding carboxylic acids is 2. The first kappa shape index (κ1) is 17.0. The molecule has 0 fully saturated rings. The molecule has 1 heterocycles. The molecule has 3 rings (SSSR count). The summed E-state index contributed by atoms with van der Waals surface area (Å²) in [4.78, 5) is 26.0. The van der Waals surface area contributed by atoms with Crippen LogP contribution < -0.4 is 10.6 Å². The lowest BCUT2D eigenvalue weighted by Crippen LogP contribution is -2.26. The number of para-hydroxylation sites is 1. The molecule has 6 nitrogen and oxygen atoms in total. The van der Waals surface area contributed by atoms with Gasteiger partial charge in [-0.05, 0) is 30.3 Å². The molecule has 0 bridgehead atoms. The van der Waals surface area contributed by atoms with Crippen molar-refractivity contribution >= 4 is 17.5 Å². The minimum absolute atomic E-state index is 0.108. The van der Waals surface area contributed by atoms with Crippen LogP contribution in [-0.2, 0) is 0 Å². The van der Waals surface area contributed by atoms with Crippen LogP contribution in [0.2, 0.25) is 0 Å². The Morgan fingerprint density at radius 3 is 2.50 bits per heavy atom. The summed E-state index contributed by atoms with van der Waals surface area (Å²) in [5.41, 5.74) is 7.60. The number of hydrogen-bond acceptors (Lipinski definition) is 3. The Bertz CT molecular complexity index is 1020. The minimum atomic E-state index is -0.669. The number of anilines is 1. The predicted octanol–water partition coefficient (Wildman–Crippen LogP) is 2.23. The zero-order valence-corrected chi connectivity index (χ0v) is 14.1. The molecule has 0 spiro atoms. The quantitative estimate of drug-likeness (QED) is 0.737. The molecule has 0 aliphatic heterocycles. The van der Waals surface area contributed by atoms with E-state index < -0.39 is 5.91 Å². The third-order valence-corrected chi connectivity index (χ3v) is 3.89. The molecule has 128 valence electrons.